The molecule has 0 bridgehead atoms. The van der Waals surface area contributed by atoms with Gasteiger partial charge in [-0.05, 0) is 11.0 Å². The zero-order valence-electron chi connectivity index (χ0n) is 1.82. The summed E-state index contributed by atoms with van der Waals surface area (Å²) >= 11 is 0. The van der Waals surface area contributed by atoms with Gasteiger partial charge in [0.25, 0.3) is 0 Å². The molecule has 0 aliphatic heterocycles. The molecule has 0 saturated carbocycles. The van der Waals surface area contributed by atoms with E-state index in [2.05, 4.69) is 0 Å². The molecule has 0 unspecified atom stereocenters. The van der Waals surface area contributed by atoms with Crippen molar-refractivity contribution in [1.29, 1.82) is 0 Å². The van der Waals surface area contributed by atoms with Crippen LogP contribution in [0.4, 0.5) is 0 Å². The SMILES string of the molecule is B.[BiH3].[O-2].[SiH4].[Zn+2]. The van der Waals surface area contributed by atoms with E-state index in [0.29, 0.717) is 0 Å². The van der Waals surface area contributed by atoms with E-state index in [4.69, 9.17) is 0 Å². The van der Waals surface area contributed by atoms with E-state index in [1.807, 2.05) is 0 Å². The molecule has 0 heterocycles. The summed E-state index contributed by atoms with van der Waals surface area (Å²) < 4.78 is 0. The summed E-state index contributed by atoms with van der Waals surface area (Å²) in [6, 6.07) is 0. The van der Waals surface area contributed by atoms with E-state index in [1.54, 1.807) is 0 Å². The largest absolute Gasteiger partial charge is 2.00 e. The molecule has 0 atom stereocenters. The van der Waals surface area contributed by atoms with Crippen molar-refractivity contribution in [2.75, 3.05) is 0 Å². The summed E-state index contributed by atoms with van der Waals surface area (Å²) in [5.41, 5.74) is 0. The van der Waals surface area contributed by atoms with Gasteiger partial charge in [-0.25, -0.2) is 0 Å². The van der Waals surface area contributed by atoms with Gasteiger partial charge in [0, 0.05) is 0 Å². The fourth-order valence-corrected chi connectivity index (χ4v) is 0. The predicted molar refractivity (Wildman–Crippen MR) is 31.9 cm³/mol. The molecule has 0 radical (unpaired) electrons. The van der Waals surface area contributed by atoms with Gasteiger partial charge in [-0.3, -0.25) is 0 Å². The predicted octanol–water partition coefficient (Wildman–Crippen LogP) is -3.94. The first kappa shape index (κ1) is 73.0. The van der Waals surface area contributed by atoms with Crippen LogP contribution in [0.25, 0.3) is 0 Å². The normalized spacial score (nSPS) is 0. The van der Waals surface area contributed by atoms with Gasteiger partial charge in [0.15, 0.2) is 0 Å². The van der Waals surface area contributed by atoms with Crippen LogP contribution in [0.15, 0.2) is 0 Å². The van der Waals surface area contributed by atoms with Crippen LogP contribution in [0.5, 0.6) is 0 Å². The molecule has 5 heteroatoms. The van der Waals surface area contributed by atoms with Crippen molar-refractivity contribution in [2.24, 2.45) is 0 Å². The van der Waals surface area contributed by atoms with Crippen LogP contribution in [-0.2, 0) is 25.0 Å². The molecule has 0 fully saturated rings. The van der Waals surface area contributed by atoms with E-state index >= 15 is 0 Å². The molecule has 0 aromatic carbocycles. The molecular formula is H10BBiOSiZn. The van der Waals surface area contributed by atoms with E-state index in [1.165, 1.54) is 0 Å². The van der Waals surface area contributed by atoms with Gasteiger partial charge < -0.3 is 5.48 Å². The van der Waals surface area contributed by atoms with Gasteiger partial charge in [-0.15, -0.1) is 0 Å². The third-order valence-corrected chi connectivity index (χ3v) is 0. The van der Waals surface area contributed by atoms with E-state index in [9.17, 15) is 0 Å². The number of hydrogen-bond donors (Lipinski definition) is 0. The zero-order chi connectivity index (χ0) is 0. The molecule has 1 nitrogen and oxygen atoms in total. The Labute approximate surface area is 70.1 Å². The van der Waals surface area contributed by atoms with Crippen molar-refractivity contribution in [3.05, 3.63) is 0 Å². The van der Waals surface area contributed by atoms with Crippen LogP contribution in [0.2, 0.25) is 0 Å². The fourth-order valence-electron chi connectivity index (χ4n) is 0. The van der Waals surface area contributed by atoms with Crippen LogP contribution in [-0.4, -0.2) is 45.6 Å². The minimum absolute atomic E-state index is 0. The van der Waals surface area contributed by atoms with E-state index < -0.39 is 0 Å². The first-order valence-electron chi connectivity index (χ1n) is 0. The van der Waals surface area contributed by atoms with E-state index in [-0.39, 0.29) is 70.5 Å². The molecule has 0 saturated heterocycles. The second-order valence-corrected chi connectivity index (χ2v) is 0. The molecule has 0 spiro atoms. The molecule has 0 rings (SSSR count). The number of rotatable bonds is 0. The molecule has 0 aliphatic carbocycles. The van der Waals surface area contributed by atoms with Crippen LogP contribution < -0.4 is 0 Å². The molecule has 30 valence electrons. The monoisotopic (exact) mass is 338 g/mol. The molecule has 0 aromatic rings. The summed E-state index contributed by atoms with van der Waals surface area (Å²) in [6.45, 7) is 0. The van der Waals surface area contributed by atoms with Crippen LogP contribution >= 0.6 is 0 Å². The van der Waals surface area contributed by atoms with Gasteiger partial charge in [-0.2, -0.15) is 0 Å². The maximum atomic E-state index is 0. The van der Waals surface area contributed by atoms with Crippen LogP contribution in [0, 0.1) is 0 Å². The molecule has 0 aliphatic rings. The summed E-state index contributed by atoms with van der Waals surface area (Å²) in [6.07, 6.45) is 0. The maximum Gasteiger partial charge on any atom is 2.00 e. The summed E-state index contributed by atoms with van der Waals surface area (Å²) in [5.74, 6) is 0. The van der Waals surface area contributed by atoms with Crippen molar-refractivity contribution in [3.63, 3.8) is 0 Å². The molecule has 0 aromatic heterocycles. The van der Waals surface area contributed by atoms with Gasteiger partial charge >= 0.3 is 45.7 Å². The first-order chi connectivity index (χ1) is 0. The Morgan fingerprint density at radius 1 is 1.00 bits per heavy atom. The molecular weight excluding hydrogens is 329 g/mol. The van der Waals surface area contributed by atoms with Gasteiger partial charge in [0.2, 0.25) is 0 Å². The maximum absolute atomic E-state index is 0. The van der Waals surface area contributed by atoms with Crippen molar-refractivity contribution < 1.29 is 25.0 Å². The Bertz CT molecular complexity index is 11.6. The van der Waals surface area contributed by atoms with Crippen LogP contribution in [0.1, 0.15) is 0 Å². The Morgan fingerprint density at radius 3 is 1.00 bits per heavy atom. The standard InChI is InChI=1S/BH3.Bi.O.H4Si.Zn.3H/h1H3;;;1H4;;;;/q;;-2;;+2;;;. The van der Waals surface area contributed by atoms with Gasteiger partial charge in [0.05, 0.1) is 8.41 Å². The van der Waals surface area contributed by atoms with Crippen molar-refractivity contribution in [1.82, 2.24) is 0 Å². The smallest absolute Gasteiger partial charge is 2.00 e. The third-order valence-electron chi connectivity index (χ3n) is 0. The molecule has 5 heavy (non-hydrogen) atoms. The Hall–Kier alpha value is 1.75. The minimum atomic E-state index is 0. The van der Waals surface area contributed by atoms with Gasteiger partial charge in [0.1, 0.15) is 0 Å². The Kier molecular flexibility index (Phi) is 619. The number of hydrogen-bond acceptors (Lipinski definition) is 0. The average molecular weight is 339 g/mol. The first-order valence-corrected chi connectivity index (χ1v) is 0. The Balaban J connectivity index is 0. The Morgan fingerprint density at radius 2 is 1.00 bits per heavy atom. The zero-order valence-corrected chi connectivity index (χ0v) is 10.3. The fraction of sp³-hybridized carbons (Fsp3) is 0. The summed E-state index contributed by atoms with van der Waals surface area (Å²) in [7, 11) is 0. The topological polar surface area (TPSA) is 28.5 Å². The quantitative estimate of drug-likeness (QED) is 0.404. The minimum Gasteiger partial charge on any atom is -2.00 e. The van der Waals surface area contributed by atoms with Crippen LogP contribution in [0.3, 0.4) is 0 Å². The molecule has 0 N–H and O–H groups in total. The van der Waals surface area contributed by atoms with Crippen molar-refractivity contribution in [3.8, 4) is 0 Å². The van der Waals surface area contributed by atoms with Crippen molar-refractivity contribution >= 4 is 45.6 Å². The van der Waals surface area contributed by atoms with Crippen molar-refractivity contribution in [2.45, 2.75) is 0 Å². The summed E-state index contributed by atoms with van der Waals surface area (Å²) in [4.78, 5) is 0. The van der Waals surface area contributed by atoms with Gasteiger partial charge in [-0.1, -0.05) is 0 Å². The van der Waals surface area contributed by atoms with E-state index in [0.717, 1.165) is 0 Å². The summed E-state index contributed by atoms with van der Waals surface area (Å²) in [5, 5.41) is 0. The average Bonchev–Trinajstić information content (AvgIpc) is 0. The second kappa shape index (κ2) is 42.4. The molecule has 0 amide bonds. The second-order valence-electron chi connectivity index (χ2n) is 0. The third kappa shape index (κ3) is 26.4.